The molecular formula is C21H18F4N4O4S. The molecule has 1 saturated heterocycles. The molecular weight excluding hydrogens is 480 g/mol. The zero-order valence-corrected chi connectivity index (χ0v) is 18.3. The number of carbonyl (C=O) groups excluding carboxylic acids is 1. The number of amides is 1. The fourth-order valence-corrected chi connectivity index (χ4v) is 5.06. The summed E-state index contributed by atoms with van der Waals surface area (Å²) in [4.78, 5) is 22.1. The molecule has 2 aromatic heterocycles. The van der Waals surface area contributed by atoms with Gasteiger partial charge in [-0.1, -0.05) is 11.2 Å². The molecule has 8 nitrogen and oxygen atoms in total. The van der Waals surface area contributed by atoms with Crippen molar-refractivity contribution in [3.63, 3.8) is 0 Å². The average molecular weight is 498 g/mol. The van der Waals surface area contributed by atoms with Gasteiger partial charge in [0.25, 0.3) is 0 Å². The molecule has 1 aliphatic heterocycles. The zero-order valence-electron chi connectivity index (χ0n) is 17.5. The lowest BCUT2D eigenvalue weighted by Gasteiger charge is -2.29. The Balaban J connectivity index is 1.56. The minimum absolute atomic E-state index is 0.0636. The maximum atomic E-state index is 13.9. The molecule has 0 saturated carbocycles. The first-order chi connectivity index (χ1) is 16.0. The summed E-state index contributed by atoms with van der Waals surface area (Å²) in [5, 5.41) is 3.30. The number of hydrogen-bond donors (Lipinski definition) is 0. The van der Waals surface area contributed by atoms with E-state index in [9.17, 15) is 30.8 Å². The van der Waals surface area contributed by atoms with E-state index in [1.54, 1.807) is 6.07 Å². The van der Waals surface area contributed by atoms with Crippen LogP contribution in [0.1, 0.15) is 24.4 Å². The summed E-state index contributed by atoms with van der Waals surface area (Å²) < 4.78 is 79.6. The number of nitrogens with zero attached hydrogens (tertiary/aromatic N) is 4. The van der Waals surface area contributed by atoms with E-state index in [0.29, 0.717) is 5.69 Å². The van der Waals surface area contributed by atoms with Gasteiger partial charge in [0.2, 0.25) is 11.7 Å². The molecule has 1 aromatic carbocycles. The first-order valence-corrected chi connectivity index (χ1v) is 12.0. The number of aromatic nitrogens is 3. The van der Waals surface area contributed by atoms with Crippen molar-refractivity contribution in [1.29, 1.82) is 0 Å². The molecule has 180 valence electrons. The van der Waals surface area contributed by atoms with Gasteiger partial charge in [-0.3, -0.25) is 9.78 Å². The van der Waals surface area contributed by atoms with E-state index in [2.05, 4.69) is 19.6 Å². The summed E-state index contributed by atoms with van der Waals surface area (Å²) in [7, 11) is -3.18. The van der Waals surface area contributed by atoms with Gasteiger partial charge in [0.15, 0.2) is 0 Å². The minimum Gasteiger partial charge on any atom is -0.329 e. The van der Waals surface area contributed by atoms with Crippen molar-refractivity contribution in [3.8, 4) is 11.4 Å². The maximum absolute atomic E-state index is 13.9. The van der Waals surface area contributed by atoms with Crippen LogP contribution in [0.3, 0.4) is 0 Å². The molecule has 0 unspecified atom stereocenters. The van der Waals surface area contributed by atoms with E-state index in [1.165, 1.54) is 41.4 Å². The lowest BCUT2D eigenvalue weighted by molar-refractivity contribution is -0.159. The van der Waals surface area contributed by atoms with Crippen LogP contribution in [0.15, 0.2) is 47.1 Å². The van der Waals surface area contributed by atoms with Crippen LogP contribution in [0.2, 0.25) is 0 Å². The molecule has 0 radical (unpaired) electrons. The highest BCUT2D eigenvalue weighted by Crippen LogP contribution is 2.30. The van der Waals surface area contributed by atoms with Crippen molar-refractivity contribution in [1.82, 2.24) is 15.1 Å². The molecule has 34 heavy (non-hydrogen) atoms. The number of halogens is 4. The van der Waals surface area contributed by atoms with Gasteiger partial charge in [-0.15, -0.1) is 0 Å². The fraction of sp³-hybridized carbons (Fsp3) is 0.333. The SMILES string of the molecule is O=C(C1CCS(=O)(=O)CC1)N(Cc1ccc(-c2noc(C(F)(F)F)n2)cn1)c1cccc(F)c1. The van der Waals surface area contributed by atoms with Gasteiger partial charge in [-0.2, -0.15) is 18.2 Å². The molecule has 0 spiro atoms. The molecule has 0 bridgehead atoms. The molecule has 0 atom stereocenters. The van der Waals surface area contributed by atoms with Crippen molar-refractivity contribution < 1.29 is 35.3 Å². The van der Waals surface area contributed by atoms with Crippen molar-refractivity contribution in [2.45, 2.75) is 25.6 Å². The molecule has 13 heteroatoms. The van der Waals surface area contributed by atoms with Crippen LogP contribution >= 0.6 is 0 Å². The number of pyridine rings is 1. The summed E-state index contributed by atoms with van der Waals surface area (Å²) in [6, 6.07) is 8.31. The van der Waals surface area contributed by atoms with Gasteiger partial charge in [-0.05, 0) is 43.2 Å². The molecule has 0 aliphatic carbocycles. The smallest absolute Gasteiger partial charge is 0.329 e. The van der Waals surface area contributed by atoms with Gasteiger partial charge in [0, 0.05) is 23.4 Å². The van der Waals surface area contributed by atoms with Crippen LogP contribution in [-0.2, 0) is 27.4 Å². The quantitative estimate of drug-likeness (QED) is 0.495. The molecule has 1 aliphatic rings. The lowest BCUT2D eigenvalue weighted by Crippen LogP contribution is -2.39. The van der Waals surface area contributed by atoms with Gasteiger partial charge in [-0.25, -0.2) is 12.8 Å². The molecule has 4 rings (SSSR count). The highest BCUT2D eigenvalue weighted by Gasteiger charge is 2.38. The summed E-state index contributed by atoms with van der Waals surface area (Å²) in [6.07, 6.45) is -3.21. The summed E-state index contributed by atoms with van der Waals surface area (Å²) >= 11 is 0. The number of rotatable bonds is 5. The first-order valence-electron chi connectivity index (χ1n) is 10.2. The van der Waals surface area contributed by atoms with E-state index >= 15 is 0 Å². The van der Waals surface area contributed by atoms with E-state index in [-0.39, 0.29) is 53.9 Å². The van der Waals surface area contributed by atoms with Crippen LogP contribution in [0.5, 0.6) is 0 Å². The Morgan fingerprint density at radius 1 is 1.15 bits per heavy atom. The molecule has 0 N–H and O–H groups in total. The third kappa shape index (κ3) is 5.41. The van der Waals surface area contributed by atoms with Crippen molar-refractivity contribution in [2.24, 2.45) is 5.92 Å². The third-order valence-electron chi connectivity index (χ3n) is 5.36. The lowest BCUT2D eigenvalue weighted by atomic mass is 10.0. The molecule has 3 aromatic rings. The molecule has 1 fully saturated rings. The van der Waals surface area contributed by atoms with Crippen LogP contribution in [0, 0.1) is 11.7 Å². The normalized spacial score (nSPS) is 16.4. The standard InChI is InChI=1S/C21H18F4N4O4S/c22-15-2-1-3-17(10-15)29(19(30)13-6-8-34(31,32)9-7-13)12-16-5-4-14(11-26-16)18-27-20(33-28-18)21(23,24)25/h1-5,10-11,13H,6-9,12H2. The second kappa shape index (κ2) is 9.12. The summed E-state index contributed by atoms with van der Waals surface area (Å²) in [5.74, 6) is -3.44. The monoisotopic (exact) mass is 498 g/mol. The van der Waals surface area contributed by atoms with Crippen LogP contribution < -0.4 is 4.90 Å². The van der Waals surface area contributed by atoms with Crippen LogP contribution in [0.25, 0.3) is 11.4 Å². The van der Waals surface area contributed by atoms with E-state index in [0.717, 1.165) is 0 Å². The van der Waals surface area contributed by atoms with Gasteiger partial charge in [0.1, 0.15) is 15.7 Å². The van der Waals surface area contributed by atoms with E-state index in [1.807, 2.05) is 0 Å². The Hall–Kier alpha value is -3.35. The maximum Gasteiger partial charge on any atom is 0.471 e. The van der Waals surface area contributed by atoms with Gasteiger partial charge >= 0.3 is 12.1 Å². The van der Waals surface area contributed by atoms with Crippen molar-refractivity contribution in [2.75, 3.05) is 16.4 Å². The Kier molecular flexibility index (Phi) is 6.39. The van der Waals surface area contributed by atoms with Crippen LogP contribution in [0.4, 0.5) is 23.2 Å². The average Bonchev–Trinajstić information content (AvgIpc) is 3.28. The summed E-state index contributed by atoms with van der Waals surface area (Å²) in [6.45, 7) is -0.0636. The first kappa shape index (κ1) is 23.8. The molecule has 1 amide bonds. The topological polar surface area (TPSA) is 106 Å². The Morgan fingerprint density at radius 2 is 1.88 bits per heavy atom. The Labute approximate surface area is 191 Å². The number of hydrogen-bond acceptors (Lipinski definition) is 7. The Bertz CT molecular complexity index is 1280. The zero-order chi connectivity index (χ0) is 24.5. The van der Waals surface area contributed by atoms with E-state index < -0.39 is 33.6 Å². The second-order valence-electron chi connectivity index (χ2n) is 7.79. The van der Waals surface area contributed by atoms with E-state index in [4.69, 9.17) is 0 Å². The molecule has 3 heterocycles. The second-order valence-corrected chi connectivity index (χ2v) is 10.1. The van der Waals surface area contributed by atoms with Crippen molar-refractivity contribution in [3.05, 3.63) is 60.0 Å². The highest BCUT2D eigenvalue weighted by molar-refractivity contribution is 7.91. The van der Waals surface area contributed by atoms with Crippen molar-refractivity contribution >= 4 is 21.4 Å². The largest absolute Gasteiger partial charge is 0.471 e. The number of benzene rings is 1. The number of anilines is 1. The Morgan fingerprint density at radius 3 is 2.47 bits per heavy atom. The fourth-order valence-electron chi connectivity index (χ4n) is 3.57. The number of carbonyl (C=O) groups is 1. The highest BCUT2D eigenvalue weighted by atomic mass is 32.2. The number of sulfone groups is 1. The third-order valence-corrected chi connectivity index (χ3v) is 7.08. The predicted molar refractivity (Wildman–Crippen MR) is 111 cm³/mol. The predicted octanol–water partition coefficient (Wildman–Crippen LogP) is 3.65. The van der Waals surface area contributed by atoms with Gasteiger partial charge in [0.05, 0.1) is 23.7 Å². The summed E-state index contributed by atoms with van der Waals surface area (Å²) in [5.41, 5.74) is 0.811. The number of alkyl halides is 3. The van der Waals surface area contributed by atoms with Gasteiger partial charge < -0.3 is 9.42 Å². The minimum atomic E-state index is -4.77. The van der Waals surface area contributed by atoms with Crippen LogP contribution in [-0.4, -0.2) is 41.0 Å².